The van der Waals surface area contributed by atoms with Crippen LogP contribution in [-0.2, 0) is 16.0 Å². The van der Waals surface area contributed by atoms with Crippen LogP contribution in [0, 0.1) is 6.92 Å². The number of rotatable bonds is 7. The van der Waals surface area contributed by atoms with Crippen molar-refractivity contribution in [3.63, 3.8) is 0 Å². The number of pyridine rings is 1. The Hall–Kier alpha value is -4.91. The molecule has 0 saturated heterocycles. The number of nitrogens with zero attached hydrogens (tertiary/aromatic N) is 2. The molecule has 0 atom stereocenters. The lowest BCUT2D eigenvalue weighted by atomic mass is 10.1. The Morgan fingerprint density at radius 3 is 2.29 bits per heavy atom. The lowest BCUT2D eigenvalue weighted by molar-refractivity contribution is -0.115. The molecule has 0 saturated carbocycles. The van der Waals surface area contributed by atoms with Crippen LogP contribution >= 0.6 is 0 Å². The van der Waals surface area contributed by atoms with Crippen LogP contribution < -0.4 is 20.9 Å². The number of hydrogen-bond donors (Lipinski definition) is 3. The van der Waals surface area contributed by atoms with E-state index in [0.29, 0.717) is 11.6 Å². The third-order valence-corrected chi connectivity index (χ3v) is 6.16. The number of ketones is 1. The number of carbonyl (C=O) groups excluding carboxylic acids is 2. The summed E-state index contributed by atoms with van der Waals surface area (Å²) in [6, 6.07) is 20.9. The maximum Gasteiger partial charge on any atom is 0.243 e. The van der Waals surface area contributed by atoms with Crippen LogP contribution in [0.15, 0.2) is 115 Å². The first-order chi connectivity index (χ1) is 18.6. The Morgan fingerprint density at radius 2 is 1.61 bits per heavy atom. The molecule has 0 radical (unpaired) electrons. The SMILES string of the molecule is Cc1cc2c(c(NCC(=O)Nc3ccccc3)n1)CC(=O)C=C(Nc1ccccc1)N2C1C=CC=CC=C1. The van der Waals surface area contributed by atoms with Crippen LogP contribution in [-0.4, -0.2) is 29.3 Å². The zero-order valence-electron chi connectivity index (χ0n) is 21.1. The van der Waals surface area contributed by atoms with E-state index < -0.39 is 0 Å². The summed E-state index contributed by atoms with van der Waals surface area (Å²) in [5.74, 6) is 0.930. The molecule has 7 heteroatoms. The molecule has 2 heterocycles. The van der Waals surface area contributed by atoms with E-state index in [1.165, 1.54) is 0 Å². The molecule has 3 N–H and O–H groups in total. The van der Waals surface area contributed by atoms with Crippen molar-refractivity contribution in [1.29, 1.82) is 0 Å². The van der Waals surface area contributed by atoms with Gasteiger partial charge < -0.3 is 20.9 Å². The minimum atomic E-state index is -0.199. The molecule has 1 aliphatic carbocycles. The number of anilines is 4. The molecule has 2 aromatic carbocycles. The molecule has 0 bridgehead atoms. The number of amides is 1. The predicted octanol–water partition coefficient (Wildman–Crippen LogP) is 5.38. The number of carbonyl (C=O) groups is 2. The van der Waals surface area contributed by atoms with Gasteiger partial charge in [-0.05, 0) is 37.3 Å². The highest BCUT2D eigenvalue weighted by molar-refractivity contribution is 5.98. The van der Waals surface area contributed by atoms with Gasteiger partial charge in [0.05, 0.1) is 18.3 Å². The van der Waals surface area contributed by atoms with Crippen LogP contribution in [0.25, 0.3) is 0 Å². The topological polar surface area (TPSA) is 86.4 Å². The Balaban J connectivity index is 1.50. The van der Waals surface area contributed by atoms with Crippen LogP contribution in [0.3, 0.4) is 0 Å². The van der Waals surface area contributed by atoms with E-state index in [4.69, 9.17) is 0 Å². The average molecular weight is 504 g/mol. The highest BCUT2D eigenvalue weighted by Gasteiger charge is 2.29. The second kappa shape index (κ2) is 11.4. The Bertz CT molecular complexity index is 1430. The Kier molecular flexibility index (Phi) is 7.45. The summed E-state index contributed by atoms with van der Waals surface area (Å²) in [4.78, 5) is 32.7. The molecule has 3 aromatic rings. The van der Waals surface area contributed by atoms with Crippen LogP contribution in [0.1, 0.15) is 11.3 Å². The summed E-state index contributed by atoms with van der Waals surface area (Å²) < 4.78 is 0. The van der Waals surface area contributed by atoms with Crippen molar-refractivity contribution in [2.24, 2.45) is 0 Å². The smallest absolute Gasteiger partial charge is 0.243 e. The van der Waals surface area contributed by atoms with Crippen molar-refractivity contribution in [2.45, 2.75) is 19.4 Å². The molecule has 0 spiro atoms. The molecular formula is C31H29N5O2. The van der Waals surface area contributed by atoms with Gasteiger partial charge in [0, 0.05) is 35.1 Å². The molecule has 2 aliphatic rings. The number of para-hydroxylation sites is 2. The van der Waals surface area contributed by atoms with Gasteiger partial charge in [0.1, 0.15) is 11.6 Å². The van der Waals surface area contributed by atoms with Crippen LogP contribution in [0.4, 0.5) is 22.9 Å². The van der Waals surface area contributed by atoms with E-state index in [1.807, 2.05) is 98.0 Å². The lowest BCUT2D eigenvalue weighted by Crippen LogP contribution is -2.35. The third-order valence-electron chi connectivity index (χ3n) is 6.16. The number of aromatic nitrogens is 1. The maximum absolute atomic E-state index is 13.2. The van der Waals surface area contributed by atoms with Crippen molar-refractivity contribution < 1.29 is 9.59 Å². The Labute approximate surface area is 222 Å². The third kappa shape index (κ3) is 5.90. The fraction of sp³-hybridized carbons (Fsp3) is 0.129. The van der Waals surface area contributed by atoms with Crippen molar-refractivity contribution in [3.05, 3.63) is 126 Å². The van der Waals surface area contributed by atoms with E-state index in [9.17, 15) is 9.59 Å². The summed E-state index contributed by atoms with van der Waals surface area (Å²) in [6.45, 7) is 1.93. The van der Waals surface area contributed by atoms with Crippen LogP contribution in [0.5, 0.6) is 0 Å². The predicted molar refractivity (Wildman–Crippen MR) is 153 cm³/mol. The molecule has 5 rings (SSSR count). The molecule has 1 amide bonds. The highest BCUT2D eigenvalue weighted by Crippen LogP contribution is 2.36. The largest absolute Gasteiger partial charge is 0.361 e. The zero-order chi connectivity index (χ0) is 26.3. The summed E-state index contributed by atoms with van der Waals surface area (Å²) in [5.41, 5.74) is 3.96. The van der Waals surface area contributed by atoms with Gasteiger partial charge in [0.2, 0.25) is 5.91 Å². The number of hydrogen-bond acceptors (Lipinski definition) is 6. The van der Waals surface area contributed by atoms with Gasteiger partial charge in [0.15, 0.2) is 5.78 Å². The summed E-state index contributed by atoms with van der Waals surface area (Å²) >= 11 is 0. The monoisotopic (exact) mass is 503 g/mol. The van der Waals surface area contributed by atoms with E-state index in [2.05, 4.69) is 38.0 Å². The molecule has 7 nitrogen and oxygen atoms in total. The van der Waals surface area contributed by atoms with Crippen molar-refractivity contribution in [3.8, 4) is 0 Å². The summed E-state index contributed by atoms with van der Waals surface area (Å²) in [5, 5.41) is 9.52. The van der Waals surface area contributed by atoms with E-state index >= 15 is 0 Å². The second-order valence-electron chi connectivity index (χ2n) is 9.06. The molecule has 1 aliphatic heterocycles. The van der Waals surface area contributed by atoms with E-state index in [0.717, 1.165) is 28.3 Å². The summed E-state index contributed by atoms with van der Waals surface area (Å²) in [6.07, 6.45) is 13.9. The standard InChI is InChI=1S/C31H29N5O2/c1-22-18-28-27(31(33-22)32-21-30(38)35-24-14-8-5-9-15-24)19-26(37)20-29(34-23-12-6-4-7-13-23)36(28)25-16-10-2-3-11-17-25/h2-18,20,25,34H,19,21H2,1H3,(H,32,33)(H,35,38). The molecule has 38 heavy (non-hydrogen) atoms. The Morgan fingerprint density at radius 1 is 0.947 bits per heavy atom. The van der Waals surface area contributed by atoms with Gasteiger partial charge in [-0.1, -0.05) is 72.9 Å². The molecule has 1 aromatic heterocycles. The number of allylic oxidation sites excluding steroid dienone is 5. The first kappa shape index (κ1) is 24.8. The molecule has 0 unspecified atom stereocenters. The zero-order valence-corrected chi connectivity index (χ0v) is 21.1. The second-order valence-corrected chi connectivity index (χ2v) is 9.06. The number of aryl methyl sites for hydroxylation is 1. The first-order valence-electron chi connectivity index (χ1n) is 12.5. The molecular weight excluding hydrogens is 474 g/mol. The highest BCUT2D eigenvalue weighted by atomic mass is 16.2. The van der Waals surface area contributed by atoms with Gasteiger partial charge >= 0.3 is 0 Å². The fourth-order valence-electron chi connectivity index (χ4n) is 4.49. The molecule has 190 valence electrons. The lowest BCUT2D eigenvalue weighted by Gasteiger charge is -2.33. The summed E-state index contributed by atoms with van der Waals surface area (Å²) in [7, 11) is 0. The number of fused-ring (bicyclic) bond motifs is 1. The van der Waals surface area contributed by atoms with Crippen molar-refractivity contribution in [2.75, 3.05) is 27.4 Å². The number of nitrogens with one attached hydrogen (secondary N) is 3. The first-order valence-corrected chi connectivity index (χ1v) is 12.5. The average Bonchev–Trinajstić information content (AvgIpc) is 3.26. The van der Waals surface area contributed by atoms with Crippen LogP contribution in [0.2, 0.25) is 0 Å². The van der Waals surface area contributed by atoms with E-state index in [1.54, 1.807) is 6.08 Å². The van der Waals surface area contributed by atoms with Gasteiger partial charge in [-0.3, -0.25) is 9.59 Å². The van der Waals surface area contributed by atoms with Gasteiger partial charge in [-0.25, -0.2) is 4.98 Å². The van der Waals surface area contributed by atoms with Gasteiger partial charge in [0.25, 0.3) is 0 Å². The quantitative estimate of drug-likeness (QED) is 0.402. The van der Waals surface area contributed by atoms with Gasteiger partial charge in [-0.2, -0.15) is 0 Å². The fourth-order valence-corrected chi connectivity index (χ4v) is 4.49. The minimum absolute atomic E-state index is 0.0156. The van der Waals surface area contributed by atoms with Crippen molar-refractivity contribution in [1.82, 2.24) is 4.98 Å². The van der Waals surface area contributed by atoms with Gasteiger partial charge in [-0.15, -0.1) is 0 Å². The number of benzene rings is 2. The minimum Gasteiger partial charge on any atom is -0.361 e. The van der Waals surface area contributed by atoms with E-state index in [-0.39, 0.29) is 30.7 Å². The molecule has 0 fully saturated rings. The normalized spacial score (nSPS) is 14.8. The van der Waals surface area contributed by atoms with Crippen molar-refractivity contribution >= 4 is 34.6 Å². The maximum atomic E-state index is 13.2.